The maximum Gasteiger partial charge on any atom is 0.328 e. The Balaban J connectivity index is 0.000000580. The molecule has 3 rings (SSSR count). The number of carbonyl (C=O) groups excluding carboxylic acids is 2. The molecule has 1 aromatic heterocycles. The summed E-state index contributed by atoms with van der Waals surface area (Å²) in [7, 11) is 1.46. The van der Waals surface area contributed by atoms with Crippen LogP contribution in [-0.2, 0) is 9.59 Å². The normalized spacial score (nSPS) is 11.9. The van der Waals surface area contributed by atoms with E-state index in [9.17, 15) is 19.2 Å². The Morgan fingerprint density at radius 1 is 1.08 bits per heavy atom. The van der Waals surface area contributed by atoms with Crippen molar-refractivity contribution in [1.29, 1.82) is 0 Å². The number of amides is 2. The van der Waals surface area contributed by atoms with Gasteiger partial charge in [-0.25, -0.2) is 14.6 Å². The number of methoxy groups -OCH3 is 1. The van der Waals surface area contributed by atoms with Crippen molar-refractivity contribution in [2.75, 3.05) is 32.3 Å². The predicted molar refractivity (Wildman–Crippen MR) is 143 cm³/mol. The van der Waals surface area contributed by atoms with Crippen molar-refractivity contribution in [3.05, 3.63) is 40.9 Å². The molecule has 0 radical (unpaired) electrons. The average Bonchev–Trinajstić information content (AvgIpc) is 3.54. The van der Waals surface area contributed by atoms with E-state index in [1.807, 2.05) is 0 Å². The third-order valence-electron chi connectivity index (χ3n) is 5.25. The number of benzene rings is 1. The minimum absolute atomic E-state index is 0.0772. The molecule has 0 atom stereocenters. The molecular formula is C25H32N4O9S. The van der Waals surface area contributed by atoms with Gasteiger partial charge < -0.3 is 29.7 Å². The highest BCUT2D eigenvalue weighted by atomic mass is 32.1. The number of rotatable bonds is 11. The van der Waals surface area contributed by atoms with Gasteiger partial charge in [0.2, 0.25) is 12.5 Å². The lowest BCUT2D eigenvalue weighted by atomic mass is 10.1. The lowest BCUT2D eigenvalue weighted by Crippen LogP contribution is -2.42. The van der Waals surface area contributed by atoms with Gasteiger partial charge >= 0.3 is 11.9 Å². The molecule has 39 heavy (non-hydrogen) atoms. The first-order valence-electron chi connectivity index (χ1n) is 11.9. The zero-order chi connectivity index (χ0) is 29.1. The van der Waals surface area contributed by atoms with E-state index in [-0.39, 0.29) is 24.0 Å². The number of aliphatic carboxylic acids is 2. The van der Waals surface area contributed by atoms with E-state index in [4.69, 9.17) is 24.4 Å². The van der Waals surface area contributed by atoms with E-state index < -0.39 is 17.8 Å². The third kappa shape index (κ3) is 9.26. The number of carboxylic acids is 2. The summed E-state index contributed by atoms with van der Waals surface area (Å²) in [4.78, 5) is 50.8. The molecule has 14 heteroatoms. The number of hydrogen-bond donors (Lipinski definition) is 4. The van der Waals surface area contributed by atoms with Gasteiger partial charge in [-0.05, 0) is 39.8 Å². The third-order valence-corrected chi connectivity index (χ3v) is 6.01. The maximum atomic E-state index is 12.7. The van der Waals surface area contributed by atoms with E-state index in [1.165, 1.54) is 18.4 Å². The maximum absolute atomic E-state index is 12.7. The fourth-order valence-corrected chi connectivity index (χ4v) is 4.26. The first-order chi connectivity index (χ1) is 18.4. The van der Waals surface area contributed by atoms with Crippen LogP contribution in [0.5, 0.6) is 17.2 Å². The van der Waals surface area contributed by atoms with E-state index in [2.05, 4.69) is 48.2 Å². The molecule has 2 aromatic rings. The lowest BCUT2D eigenvalue weighted by Gasteiger charge is -2.30. The number of nitrogens with zero attached hydrogens (tertiary/aromatic N) is 2. The number of nitrogens with one attached hydrogen (secondary N) is 2. The molecule has 0 unspecified atom stereocenters. The highest BCUT2D eigenvalue weighted by Gasteiger charge is 2.25. The van der Waals surface area contributed by atoms with Crippen molar-refractivity contribution in [2.24, 2.45) is 0 Å². The molecule has 1 aromatic carbocycles. The topological polar surface area (TPSA) is 177 Å². The van der Waals surface area contributed by atoms with Crippen LogP contribution in [-0.4, -0.2) is 82.9 Å². The SMILES string of the molecule is COc1c(C(=O)Nc2nc(C(=O)NCCN(C(C)C)C(C)C)cs2)ccc2c1OCO2.O=C(O)/C=C\C(=O)O. The molecule has 0 spiro atoms. The predicted octanol–water partition coefficient (Wildman–Crippen LogP) is 2.69. The summed E-state index contributed by atoms with van der Waals surface area (Å²) in [5.41, 5.74) is 0.550. The van der Waals surface area contributed by atoms with Crippen molar-refractivity contribution >= 4 is 40.2 Å². The lowest BCUT2D eigenvalue weighted by molar-refractivity contribution is -0.134. The highest BCUT2D eigenvalue weighted by Crippen LogP contribution is 2.43. The average molecular weight is 565 g/mol. The van der Waals surface area contributed by atoms with Crippen LogP contribution >= 0.6 is 11.3 Å². The number of aromatic nitrogens is 1. The molecule has 0 fully saturated rings. The number of ether oxygens (including phenoxy) is 3. The number of carbonyl (C=O) groups is 4. The van der Waals surface area contributed by atoms with E-state index in [0.29, 0.717) is 53.2 Å². The minimum Gasteiger partial charge on any atom is -0.492 e. The van der Waals surface area contributed by atoms with Crippen molar-refractivity contribution in [1.82, 2.24) is 15.2 Å². The van der Waals surface area contributed by atoms with Crippen LogP contribution in [0.1, 0.15) is 48.5 Å². The quantitative estimate of drug-likeness (QED) is 0.295. The fraction of sp³-hybridized carbons (Fsp3) is 0.400. The van der Waals surface area contributed by atoms with Crippen molar-refractivity contribution in [3.8, 4) is 17.2 Å². The van der Waals surface area contributed by atoms with Gasteiger partial charge in [-0.2, -0.15) is 0 Å². The van der Waals surface area contributed by atoms with Gasteiger partial charge in [-0.1, -0.05) is 0 Å². The Morgan fingerprint density at radius 3 is 2.28 bits per heavy atom. The Hall–Kier alpha value is -4.17. The molecule has 0 aliphatic carbocycles. The minimum atomic E-state index is -1.26. The molecule has 2 amide bonds. The monoisotopic (exact) mass is 564 g/mol. The largest absolute Gasteiger partial charge is 0.492 e. The summed E-state index contributed by atoms with van der Waals surface area (Å²) in [6, 6.07) is 4.04. The molecule has 0 saturated carbocycles. The summed E-state index contributed by atoms with van der Waals surface area (Å²) in [5.74, 6) is -1.99. The van der Waals surface area contributed by atoms with Crippen LogP contribution in [0, 0.1) is 0 Å². The molecule has 13 nitrogen and oxygen atoms in total. The number of hydrogen-bond acceptors (Lipinski definition) is 10. The van der Waals surface area contributed by atoms with E-state index >= 15 is 0 Å². The molecule has 1 aliphatic rings. The first-order valence-corrected chi connectivity index (χ1v) is 12.7. The molecule has 212 valence electrons. The van der Waals surface area contributed by atoms with Crippen LogP contribution in [0.15, 0.2) is 29.7 Å². The summed E-state index contributed by atoms with van der Waals surface area (Å²) in [6.45, 7) is 9.87. The van der Waals surface area contributed by atoms with Crippen molar-refractivity contribution < 1.29 is 43.6 Å². The number of anilines is 1. The van der Waals surface area contributed by atoms with Crippen LogP contribution in [0.25, 0.3) is 0 Å². The zero-order valence-electron chi connectivity index (χ0n) is 22.2. The second-order valence-corrected chi connectivity index (χ2v) is 9.42. The number of thiazole rings is 1. The molecule has 4 N–H and O–H groups in total. The molecule has 2 heterocycles. The van der Waals surface area contributed by atoms with Crippen LogP contribution in [0.4, 0.5) is 5.13 Å². The Bertz CT molecular complexity index is 1190. The second-order valence-electron chi connectivity index (χ2n) is 8.56. The summed E-state index contributed by atoms with van der Waals surface area (Å²) >= 11 is 1.18. The second kappa shape index (κ2) is 14.7. The van der Waals surface area contributed by atoms with Gasteiger partial charge in [0.15, 0.2) is 16.6 Å². The van der Waals surface area contributed by atoms with E-state index in [0.717, 1.165) is 6.54 Å². The van der Waals surface area contributed by atoms with Gasteiger partial charge in [-0.15, -0.1) is 11.3 Å². The first kappa shape index (κ1) is 31.1. The fourth-order valence-electron chi connectivity index (χ4n) is 3.57. The van der Waals surface area contributed by atoms with Gasteiger partial charge in [0, 0.05) is 42.7 Å². The molecular weight excluding hydrogens is 532 g/mol. The highest BCUT2D eigenvalue weighted by molar-refractivity contribution is 7.14. The van der Waals surface area contributed by atoms with Gasteiger partial charge in [0.25, 0.3) is 11.8 Å². The van der Waals surface area contributed by atoms with Crippen molar-refractivity contribution in [3.63, 3.8) is 0 Å². The van der Waals surface area contributed by atoms with Crippen LogP contribution in [0.2, 0.25) is 0 Å². The van der Waals surface area contributed by atoms with Gasteiger partial charge in [-0.3, -0.25) is 19.8 Å². The molecule has 0 bridgehead atoms. The van der Waals surface area contributed by atoms with E-state index in [1.54, 1.807) is 17.5 Å². The zero-order valence-corrected chi connectivity index (χ0v) is 23.0. The Morgan fingerprint density at radius 2 is 1.72 bits per heavy atom. The molecule has 0 saturated heterocycles. The number of carboxylic acid groups (broad SMARTS) is 2. The Labute approximate surface area is 229 Å². The Kier molecular flexibility index (Phi) is 11.7. The smallest absolute Gasteiger partial charge is 0.328 e. The van der Waals surface area contributed by atoms with Crippen molar-refractivity contribution in [2.45, 2.75) is 39.8 Å². The number of fused-ring (bicyclic) bond motifs is 1. The standard InChI is InChI=1S/C21H28N4O5S.C4H4O4/c1-12(2)25(13(3)4)9-8-22-20(27)15-10-31-21(23-15)24-19(26)14-6-7-16-18(17(14)28-5)30-11-29-16;5-3(6)1-2-4(7)8/h6-7,10,12-13H,8-9,11H2,1-5H3,(H,22,27)(H,23,24,26);1-2H,(H,5,6)(H,7,8)/b;2-1-. The summed E-state index contributed by atoms with van der Waals surface area (Å²) < 4.78 is 16.0. The van der Waals surface area contributed by atoms with Gasteiger partial charge in [0.1, 0.15) is 5.69 Å². The molecule has 1 aliphatic heterocycles. The summed E-state index contributed by atoms with van der Waals surface area (Å²) in [5, 5.41) is 23.2. The van der Waals surface area contributed by atoms with Crippen LogP contribution < -0.4 is 24.8 Å². The van der Waals surface area contributed by atoms with Crippen LogP contribution in [0.3, 0.4) is 0 Å². The summed E-state index contributed by atoms with van der Waals surface area (Å²) in [6.07, 6.45) is 1.12. The van der Waals surface area contributed by atoms with Gasteiger partial charge in [0.05, 0.1) is 12.7 Å².